The van der Waals surface area contributed by atoms with Crippen molar-refractivity contribution in [1.29, 1.82) is 0 Å². The number of nitrogens with zero attached hydrogens (tertiary/aromatic N) is 3. The van der Waals surface area contributed by atoms with Gasteiger partial charge in [0.1, 0.15) is 0 Å². The van der Waals surface area contributed by atoms with E-state index in [9.17, 15) is 0 Å². The Kier molecular flexibility index (Phi) is 7.34. The van der Waals surface area contributed by atoms with E-state index >= 15 is 0 Å². The van der Waals surface area contributed by atoms with Crippen LogP contribution in [-0.4, -0.2) is 55.0 Å². The minimum absolute atomic E-state index is 0.781. The van der Waals surface area contributed by atoms with E-state index in [1.807, 2.05) is 0 Å². The van der Waals surface area contributed by atoms with Gasteiger partial charge in [0.25, 0.3) is 0 Å². The van der Waals surface area contributed by atoms with Gasteiger partial charge in [0, 0.05) is 19.6 Å². The van der Waals surface area contributed by atoms with Gasteiger partial charge in [-0.2, -0.15) is 0 Å². The van der Waals surface area contributed by atoms with Crippen molar-refractivity contribution in [3.05, 3.63) is 0 Å². The van der Waals surface area contributed by atoms with Crippen LogP contribution in [0.25, 0.3) is 0 Å². The van der Waals surface area contributed by atoms with Crippen LogP contribution in [0, 0.1) is 5.92 Å². The molecule has 0 aromatic rings. The molecular weight excluding hydrogens is 260 g/mol. The van der Waals surface area contributed by atoms with Crippen molar-refractivity contribution >= 4 is 5.96 Å². The number of hydrogen-bond acceptors (Lipinski definition) is 2. The van der Waals surface area contributed by atoms with Gasteiger partial charge in [-0.25, -0.2) is 0 Å². The van der Waals surface area contributed by atoms with Gasteiger partial charge >= 0.3 is 0 Å². The summed E-state index contributed by atoms with van der Waals surface area (Å²) in [5.41, 5.74) is 6.12. The molecule has 2 N–H and O–H groups in total. The lowest BCUT2D eigenvalue weighted by molar-refractivity contribution is 0.190. The Morgan fingerprint density at radius 2 is 1.67 bits per heavy atom. The first-order chi connectivity index (χ1) is 10.3. The minimum Gasteiger partial charge on any atom is -0.370 e. The largest absolute Gasteiger partial charge is 0.370 e. The molecule has 0 aromatic heterocycles. The highest BCUT2D eigenvalue weighted by molar-refractivity contribution is 5.78. The molecule has 2 saturated heterocycles. The molecule has 2 aliphatic heterocycles. The molecule has 2 fully saturated rings. The van der Waals surface area contributed by atoms with E-state index in [2.05, 4.69) is 21.7 Å². The van der Waals surface area contributed by atoms with Crippen LogP contribution in [0.1, 0.15) is 58.3 Å². The molecule has 2 rings (SSSR count). The Balaban J connectivity index is 1.56. The van der Waals surface area contributed by atoms with E-state index in [4.69, 9.17) is 5.73 Å². The third-order valence-corrected chi connectivity index (χ3v) is 4.96. The van der Waals surface area contributed by atoms with Crippen LogP contribution in [0.15, 0.2) is 4.99 Å². The van der Waals surface area contributed by atoms with Crippen LogP contribution in [-0.2, 0) is 0 Å². The first-order valence-corrected chi connectivity index (χ1v) is 9.03. The fourth-order valence-electron chi connectivity index (χ4n) is 3.33. The summed E-state index contributed by atoms with van der Waals surface area (Å²) in [6, 6.07) is 0. The van der Waals surface area contributed by atoms with Crippen LogP contribution in [0.5, 0.6) is 0 Å². The van der Waals surface area contributed by atoms with E-state index in [0.29, 0.717) is 0 Å². The first-order valence-electron chi connectivity index (χ1n) is 9.03. The van der Waals surface area contributed by atoms with Crippen molar-refractivity contribution in [2.45, 2.75) is 58.3 Å². The van der Waals surface area contributed by atoms with Crippen molar-refractivity contribution in [3.63, 3.8) is 0 Å². The van der Waals surface area contributed by atoms with Crippen LogP contribution < -0.4 is 5.73 Å². The van der Waals surface area contributed by atoms with Crippen molar-refractivity contribution in [2.24, 2.45) is 16.6 Å². The summed E-state index contributed by atoms with van der Waals surface area (Å²) in [6.45, 7) is 9.29. The molecule has 2 aliphatic rings. The fraction of sp³-hybridized carbons (Fsp3) is 0.941. The molecule has 0 aliphatic carbocycles. The lowest BCUT2D eigenvalue weighted by Crippen LogP contribution is -2.38. The lowest BCUT2D eigenvalue weighted by Gasteiger charge is -2.30. The third-order valence-electron chi connectivity index (χ3n) is 4.96. The number of guanidine groups is 1. The van der Waals surface area contributed by atoms with Gasteiger partial charge in [-0.3, -0.25) is 4.99 Å². The number of nitrogens with two attached hydrogens (primary N) is 1. The maximum Gasteiger partial charge on any atom is 0.191 e. The van der Waals surface area contributed by atoms with Gasteiger partial charge in [0.15, 0.2) is 5.96 Å². The van der Waals surface area contributed by atoms with Crippen molar-refractivity contribution in [3.8, 4) is 0 Å². The maximum atomic E-state index is 6.12. The highest BCUT2D eigenvalue weighted by Gasteiger charge is 2.14. The number of hydrogen-bond donors (Lipinski definition) is 1. The lowest BCUT2D eigenvalue weighted by atomic mass is 9.99. The zero-order chi connectivity index (χ0) is 14.9. The molecule has 122 valence electrons. The molecule has 0 radical (unpaired) electrons. The molecule has 0 bridgehead atoms. The van der Waals surface area contributed by atoms with Crippen molar-refractivity contribution in [2.75, 3.05) is 39.3 Å². The second-order valence-electron chi connectivity index (χ2n) is 6.87. The molecule has 4 heteroatoms. The summed E-state index contributed by atoms with van der Waals surface area (Å²) in [5, 5.41) is 0. The summed E-state index contributed by atoms with van der Waals surface area (Å²) in [4.78, 5) is 9.48. The number of piperidine rings is 1. The zero-order valence-electron chi connectivity index (χ0n) is 13.9. The Morgan fingerprint density at radius 3 is 2.33 bits per heavy atom. The molecule has 0 atom stereocenters. The van der Waals surface area contributed by atoms with Gasteiger partial charge in [-0.15, -0.1) is 0 Å². The summed E-state index contributed by atoms with van der Waals surface area (Å²) in [6.07, 6.45) is 10.4. The van der Waals surface area contributed by atoms with Crippen LogP contribution in [0.4, 0.5) is 0 Å². The Labute approximate surface area is 130 Å². The van der Waals surface area contributed by atoms with Crippen molar-refractivity contribution in [1.82, 2.24) is 9.80 Å². The molecule has 0 unspecified atom stereocenters. The van der Waals surface area contributed by atoms with Crippen LogP contribution in [0.2, 0.25) is 0 Å². The highest BCUT2D eigenvalue weighted by atomic mass is 15.2. The van der Waals surface area contributed by atoms with E-state index in [0.717, 1.165) is 31.5 Å². The second-order valence-corrected chi connectivity index (χ2v) is 6.87. The summed E-state index contributed by atoms with van der Waals surface area (Å²) in [7, 11) is 0. The predicted molar refractivity (Wildman–Crippen MR) is 90.6 cm³/mol. The topological polar surface area (TPSA) is 44.9 Å². The normalized spacial score (nSPS) is 23.3. The average molecular weight is 294 g/mol. The monoisotopic (exact) mass is 294 g/mol. The molecule has 4 nitrogen and oxygen atoms in total. The second kappa shape index (κ2) is 9.29. The zero-order valence-corrected chi connectivity index (χ0v) is 13.9. The Bertz CT molecular complexity index is 300. The Morgan fingerprint density at radius 1 is 1.00 bits per heavy atom. The van der Waals surface area contributed by atoms with Crippen LogP contribution >= 0.6 is 0 Å². The van der Waals surface area contributed by atoms with Gasteiger partial charge in [-0.05, 0) is 64.1 Å². The van der Waals surface area contributed by atoms with E-state index in [-0.39, 0.29) is 0 Å². The van der Waals surface area contributed by atoms with E-state index < -0.39 is 0 Å². The molecule has 0 aromatic carbocycles. The fourth-order valence-corrected chi connectivity index (χ4v) is 3.33. The van der Waals surface area contributed by atoms with E-state index in [1.165, 1.54) is 71.0 Å². The van der Waals surface area contributed by atoms with Crippen LogP contribution in [0.3, 0.4) is 0 Å². The molecular formula is C17H34N4. The Hall–Kier alpha value is -0.770. The molecule has 0 saturated carbocycles. The number of rotatable bonds is 5. The van der Waals surface area contributed by atoms with Gasteiger partial charge < -0.3 is 15.5 Å². The molecule has 0 spiro atoms. The maximum absolute atomic E-state index is 6.12. The first kappa shape index (κ1) is 16.6. The summed E-state index contributed by atoms with van der Waals surface area (Å²) < 4.78 is 0. The third kappa shape index (κ3) is 6.25. The highest BCUT2D eigenvalue weighted by Crippen LogP contribution is 2.16. The summed E-state index contributed by atoms with van der Waals surface area (Å²) >= 11 is 0. The predicted octanol–water partition coefficient (Wildman–Crippen LogP) is 2.69. The summed E-state index contributed by atoms with van der Waals surface area (Å²) in [5.74, 6) is 1.71. The minimum atomic E-state index is 0.781. The standard InChI is InChI=1S/C17H34N4/c1-16-8-14-20(15-9-16)11-7-4-10-19-17(18)21-12-5-2-3-6-13-21/h16H,2-15H2,1H3,(H2,18,19). The van der Waals surface area contributed by atoms with E-state index in [1.54, 1.807) is 0 Å². The molecule has 0 amide bonds. The van der Waals surface area contributed by atoms with Crippen molar-refractivity contribution < 1.29 is 0 Å². The number of unbranched alkanes of at least 4 members (excludes halogenated alkanes) is 1. The SMILES string of the molecule is CC1CCN(CCCCN=C(N)N2CCCCCC2)CC1. The van der Waals surface area contributed by atoms with Gasteiger partial charge in [0.2, 0.25) is 0 Å². The average Bonchev–Trinajstić information content (AvgIpc) is 2.78. The number of likely N-dealkylation sites (tertiary alicyclic amines) is 2. The number of aliphatic imine (C=N–C) groups is 1. The van der Waals surface area contributed by atoms with Gasteiger partial charge in [0.05, 0.1) is 0 Å². The smallest absolute Gasteiger partial charge is 0.191 e. The molecule has 21 heavy (non-hydrogen) atoms. The van der Waals surface area contributed by atoms with Gasteiger partial charge in [-0.1, -0.05) is 19.8 Å². The molecule has 2 heterocycles. The quantitative estimate of drug-likeness (QED) is 0.482.